The molecule has 0 aliphatic heterocycles. The number of aliphatic carboxylic acids is 1. The summed E-state index contributed by atoms with van der Waals surface area (Å²) >= 11 is 0. The molecule has 0 radical (unpaired) electrons. The third-order valence-electron chi connectivity index (χ3n) is 10.8. The molecule has 68 heavy (non-hydrogen) atoms. The zero-order valence-electron chi connectivity index (χ0n) is 38.4. The average molecular weight is 945 g/mol. The Balaban J connectivity index is 1.93. The maximum Gasteiger partial charge on any atom is 0.326 e. The first-order valence-corrected chi connectivity index (χ1v) is 22.6. The van der Waals surface area contributed by atoms with Crippen molar-refractivity contribution in [3.63, 3.8) is 0 Å². The summed E-state index contributed by atoms with van der Waals surface area (Å²) in [6.07, 6.45) is -0.391. The molecule has 0 aliphatic carbocycles. The highest BCUT2D eigenvalue weighted by Crippen LogP contribution is 2.11. The van der Waals surface area contributed by atoms with Crippen LogP contribution in [-0.2, 0) is 52.8 Å². The number of guanidine groups is 1. The van der Waals surface area contributed by atoms with Crippen molar-refractivity contribution in [2.75, 3.05) is 19.6 Å². The molecule has 21 heteroatoms. The zero-order chi connectivity index (χ0) is 50.0. The Bertz CT molecular complexity index is 2090. The van der Waals surface area contributed by atoms with Crippen LogP contribution in [-0.4, -0.2) is 126 Å². The van der Waals surface area contributed by atoms with E-state index in [2.05, 4.69) is 36.9 Å². The van der Waals surface area contributed by atoms with Crippen LogP contribution in [0.3, 0.4) is 0 Å². The summed E-state index contributed by atoms with van der Waals surface area (Å²) in [4.78, 5) is 99.6. The number of amides is 6. The van der Waals surface area contributed by atoms with Gasteiger partial charge in [-0.05, 0) is 75.2 Å². The SMILES string of the molecule is C[C@@H](O)[C@H](NC(=O)[C@H](CCCCN)NC(=O)[C@H](Cc1ccccc1)NC(=O)[C@H](Cc1ccccc1)NC(=O)[C@H](CCCN=C(N)N)NC(=O)[C@H](N)CCN)C(=O)N[C@@H](Cc1ccccc1)C(=O)O. The first-order chi connectivity index (χ1) is 32.5. The van der Waals surface area contributed by atoms with E-state index >= 15 is 0 Å². The lowest BCUT2D eigenvalue weighted by Gasteiger charge is -2.28. The molecule has 0 spiro atoms. The van der Waals surface area contributed by atoms with Crippen LogP contribution in [0.25, 0.3) is 0 Å². The van der Waals surface area contributed by atoms with Gasteiger partial charge in [0.2, 0.25) is 35.4 Å². The number of aliphatic hydroxyl groups excluding tert-OH is 1. The molecule has 3 aromatic carbocycles. The lowest BCUT2D eigenvalue weighted by molar-refractivity contribution is -0.143. The standard InChI is InChI=1S/C47H68N12O9/c1-29(60)39(45(66)58-38(46(67)68)28-32-18-9-4-10-19-32)59-42(63)34(20-11-12-23-48)55-43(64)36(26-30-14-5-2-6-15-30)57-44(65)37(27-31-16-7-3-8-17-31)56-41(62)35(21-13-25-53-47(51)52)54-40(61)33(50)22-24-49/h2-10,14-19,29,33-39,60H,11-13,20-28,48-50H2,1H3,(H,54,61)(H,55,64)(H,56,62)(H,57,65)(H,58,66)(H,59,63)(H,67,68)(H4,51,52,53)/t29-,33-,34+,35+,36+,37+,38+,39+/m1/s1. The summed E-state index contributed by atoms with van der Waals surface area (Å²) in [7, 11) is 0. The van der Waals surface area contributed by atoms with E-state index in [4.69, 9.17) is 28.7 Å². The van der Waals surface area contributed by atoms with Crippen molar-refractivity contribution in [2.45, 2.75) is 113 Å². The number of carboxylic acid groups (broad SMARTS) is 1. The molecule has 21 nitrogen and oxygen atoms in total. The van der Waals surface area contributed by atoms with E-state index < -0.39 is 89.8 Å². The van der Waals surface area contributed by atoms with Gasteiger partial charge >= 0.3 is 5.97 Å². The second kappa shape index (κ2) is 29.6. The summed E-state index contributed by atoms with van der Waals surface area (Å²) in [6, 6.07) is 16.8. The molecule has 0 fully saturated rings. The minimum absolute atomic E-state index is 0.0264. The van der Waals surface area contributed by atoms with Crippen molar-refractivity contribution in [3.05, 3.63) is 108 Å². The minimum Gasteiger partial charge on any atom is -0.480 e. The van der Waals surface area contributed by atoms with E-state index in [9.17, 15) is 43.8 Å². The number of carbonyl (C=O) groups excluding carboxylic acids is 6. The summed E-state index contributed by atoms with van der Waals surface area (Å²) in [5.74, 6) is -6.29. The number of hydrogen-bond donors (Lipinski definition) is 13. The molecular weight excluding hydrogens is 877 g/mol. The quantitative estimate of drug-likeness (QED) is 0.0194. The van der Waals surface area contributed by atoms with Crippen LogP contribution in [0.15, 0.2) is 96.0 Å². The van der Waals surface area contributed by atoms with Crippen molar-refractivity contribution < 1.29 is 43.8 Å². The number of aliphatic hydroxyl groups is 1. The number of nitrogens with one attached hydrogen (secondary N) is 6. The molecule has 8 atom stereocenters. The second-order valence-electron chi connectivity index (χ2n) is 16.4. The molecule has 0 aromatic heterocycles. The van der Waals surface area contributed by atoms with E-state index in [1.807, 2.05) is 0 Å². The van der Waals surface area contributed by atoms with Crippen LogP contribution >= 0.6 is 0 Å². The fourth-order valence-corrected chi connectivity index (χ4v) is 7.03. The predicted molar refractivity (Wildman–Crippen MR) is 256 cm³/mol. The number of carbonyl (C=O) groups is 7. The lowest BCUT2D eigenvalue weighted by atomic mass is 10.0. The smallest absolute Gasteiger partial charge is 0.326 e. The number of benzene rings is 3. The van der Waals surface area contributed by atoms with E-state index in [0.29, 0.717) is 29.5 Å². The Labute approximate surface area is 396 Å². The van der Waals surface area contributed by atoms with Crippen LogP contribution < -0.4 is 60.6 Å². The number of carboxylic acids is 1. The Kier molecular flexibility index (Phi) is 24.1. The fourth-order valence-electron chi connectivity index (χ4n) is 7.03. The lowest BCUT2D eigenvalue weighted by Crippen LogP contribution is -2.61. The van der Waals surface area contributed by atoms with Gasteiger partial charge in [0.25, 0.3) is 0 Å². The summed E-state index contributed by atoms with van der Waals surface area (Å²) in [5, 5.41) is 36.3. The van der Waals surface area contributed by atoms with Crippen LogP contribution in [0.5, 0.6) is 0 Å². The number of hydrogen-bond acceptors (Lipinski definition) is 12. The van der Waals surface area contributed by atoms with Crippen molar-refractivity contribution in [1.29, 1.82) is 0 Å². The number of nitrogens with zero attached hydrogens (tertiary/aromatic N) is 1. The fraction of sp³-hybridized carbons (Fsp3) is 0.447. The molecule has 3 aromatic rings. The molecule has 0 heterocycles. The van der Waals surface area contributed by atoms with Gasteiger partial charge in [0.05, 0.1) is 12.1 Å². The third kappa shape index (κ3) is 19.9. The molecule has 3 rings (SSSR count). The topological polar surface area (TPSA) is 375 Å². The van der Waals surface area contributed by atoms with Crippen molar-refractivity contribution in [2.24, 2.45) is 33.7 Å². The Morgan fingerprint density at radius 3 is 1.34 bits per heavy atom. The Morgan fingerprint density at radius 2 is 0.912 bits per heavy atom. The molecule has 6 amide bonds. The molecule has 370 valence electrons. The number of aliphatic imine (C=N–C) groups is 1. The Morgan fingerprint density at radius 1 is 0.515 bits per heavy atom. The van der Waals surface area contributed by atoms with Crippen LogP contribution in [0.1, 0.15) is 62.1 Å². The van der Waals surface area contributed by atoms with E-state index in [-0.39, 0.29) is 70.5 Å². The highest BCUT2D eigenvalue weighted by atomic mass is 16.4. The molecule has 0 aliphatic rings. The van der Waals surface area contributed by atoms with Crippen LogP contribution in [0.2, 0.25) is 0 Å². The highest BCUT2D eigenvalue weighted by Gasteiger charge is 2.35. The molecule has 0 unspecified atom stereocenters. The van der Waals surface area contributed by atoms with Gasteiger partial charge in [-0.25, -0.2) is 4.79 Å². The molecule has 18 N–H and O–H groups in total. The van der Waals surface area contributed by atoms with E-state index in [1.165, 1.54) is 6.92 Å². The monoisotopic (exact) mass is 945 g/mol. The largest absolute Gasteiger partial charge is 0.480 e. The van der Waals surface area contributed by atoms with Gasteiger partial charge in [0.1, 0.15) is 36.3 Å². The van der Waals surface area contributed by atoms with E-state index in [1.54, 1.807) is 91.0 Å². The highest BCUT2D eigenvalue weighted by molar-refractivity contribution is 5.97. The first-order valence-electron chi connectivity index (χ1n) is 22.6. The first kappa shape index (κ1) is 55.4. The van der Waals surface area contributed by atoms with Gasteiger partial charge in [-0.1, -0.05) is 91.0 Å². The second-order valence-corrected chi connectivity index (χ2v) is 16.4. The van der Waals surface area contributed by atoms with Gasteiger partial charge in [-0.3, -0.25) is 33.8 Å². The Hall–Kier alpha value is -6.94. The molecular formula is C47H68N12O9. The van der Waals surface area contributed by atoms with Crippen molar-refractivity contribution >= 4 is 47.4 Å². The van der Waals surface area contributed by atoms with Gasteiger partial charge in [0.15, 0.2) is 5.96 Å². The number of unbranched alkanes of at least 4 members (excludes halogenated alkanes) is 1. The minimum atomic E-state index is -1.63. The van der Waals surface area contributed by atoms with Crippen LogP contribution in [0, 0.1) is 0 Å². The van der Waals surface area contributed by atoms with Crippen molar-refractivity contribution in [1.82, 2.24) is 31.9 Å². The predicted octanol–water partition coefficient (Wildman–Crippen LogP) is -2.05. The molecule has 0 saturated carbocycles. The normalized spacial score (nSPS) is 14.5. The average Bonchev–Trinajstić information content (AvgIpc) is 3.31. The maximum atomic E-state index is 14.5. The number of rotatable bonds is 30. The van der Waals surface area contributed by atoms with Crippen LogP contribution in [0.4, 0.5) is 0 Å². The number of nitrogens with two attached hydrogens (primary N) is 5. The summed E-state index contributed by atoms with van der Waals surface area (Å²) in [5.41, 5.74) is 30.2. The van der Waals surface area contributed by atoms with Gasteiger partial charge < -0.3 is 70.8 Å². The van der Waals surface area contributed by atoms with Crippen molar-refractivity contribution in [3.8, 4) is 0 Å². The summed E-state index contributed by atoms with van der Waals surface area (Å²) < 4.78 is 0. The third-order valence-corrected chi connectivity index (χ3v) is 10.8. The van der Waals surface area contributed by atoms with E-state index in [0.717, 1.165) is 0 Å². The summed E-state index contributed by atoms with van der Waals surface area (Å²) in [6.45, 7) is 1.77. The van der Waals surface area contributed by atoms with Gasteiger partial charge in [-0.15, -0.1) is 0 Å². The zero-order valence-corrected chi connectivity index (χ0v) is 38.4. The van der Waals surface area contributed by atoms with Gasteiger partial charge in [0, 0.05) is 25.8 Å². The molecule has 0 saturated heterocycles. The van der Waals surface area contributed by atoms with Gasteiger partial charge in [-0.2, -0.15) is 0 Å². The molecule has 0 bridgehead atoms. The maximum absolute atomic E-state index is 14.5.